The predicted molar refractivity (Wildman–Crippen MR) is 87.9 cm³/mol. The molecule has 0 saturated heterocycles. The fourth-order valence-electron chi connectivity index (χ4n) is 2.23. The highest BCUT2D eigenvalue weighted by molar-refractivity contribution is 5.96. The van der Waals surface area contributed by atoms with Crippen LogP contribution in [-0.2, 0) is 0 Å². The molecule has 0 saturated carbocycles. The quantitative estimate of drug-likeness (QED) is 0.803. The molecule has 0 amide bonds. The number of benzene rings is 1. The molecule has 0 radical (unpaired) electrons. The van der Waals surface area contributed by atoms with E-state index in [9.17, 15) is 4.79 Å². The zero-order chi connectivity index (χ0) is 16.1. The van der Waals surface area contributed by atoms with Gasteiger partial charge in [-0.25, -0.2) is 4.98 Å². The van der Waals surface area contributed by atoms with Gasteiger partial charge in [0, 0.05) is 6.07 Å². The van der Waals surface area contributed by atoms with E-state index in [2.05, 4.69) is 9.97 Å². The highest BCUT2D eigenvalue weighted by atomic mass is 16.5. The van der Waals surface area contributed by atoms with E-state index < -0.39 is 0 Å². The number of aromatic nitrogens is 2. The van der Waals surface area contributed by atoms with Crippen LogP contribution in [0.25, 0.3) is 11.4 Å². The third kappa shape index (κ3) is 3.61. The Kier molecular flexibility index (Phi) is 5.09. The molecular weight excluding hydrogens is 278 g/mol. The van der Waals surface area contributed by atoms with Crippen LogP contribution in [0.5, 0.6) is 5.75 Å². The van der Waals surface area contributed by atoms with E-state index in [0.29, 0.717) is 36.0 Å². The highest BCUT2D eigenvalue weighted by Gasteiger charge is 2.12. The fourth-order valence-corrected chi connectivity index (χ4v) is 2.23. The normalized spacial score (nSPS) is 10.5. The standard InChI is InChI=1S/C17H21N3O2/c1-4-6-13(18)14-10-16(21)20-17(19-14)12-9-11(3)7-8-15(12)22-5-2/h7-10,18H,4-6H2,1-3H3,(H,19,20,21). The van der Waals surface area contributed by atoms with Gasteiger partial charge >= 0.3 is 0 Å². The SMILES string of the molecule is CCCC(=N)c1cc(=O)[nH]c(-c2cc(C)ccc2OCC)n1. The molecule has 0 bridgehead atoms. The highest BCUT2D eigenvalue weighted by Crippen LogP contribution is 2.28. The summed E-state index contributed by atoms with van der Waals surface area (Å²) < 4.78 is 5.62. The number of aryl methyl sites for hydroxylation is 1. The lowest BCUT2D eigenvalue weighted by Gasteiger charge is -2.11. The summed E-state index contributed by atoms with van der Waals surface area (Å²) >= 11 is 0. The van der Waals surface area contributed by atoms with Gasteiger partial charge in [0.1, 0.15) is 11.6 Å². The van der Waals surface area contributed by atoms with Gasteiger partial charge in [0.2, 0.25) is 0 Å². The minimum absolute atomic E-state index is 0.259. The molecule has 5 nitrogen and oxygen atoms in total. The summed E-state index contributed by atoms with van der Waals surface area (Å²) in [6.45, 7) is 6.41. The van der Waals surface area contributed by atoms with Crippen molar-refractivity contribution in [2.75, 3.05) is 6.61 Å². The summed E-state index contributed by atoms with van der Waals surface area (Å²) in [4.78, 5) is 19.1. The van der Waals surface area contributed by atoms with E-state index >= 15 is 0 Å². The third-order valence-corrected chi connectivity index (χ3v) is 3.24. The summed E-state index contributed by atoms with van der Waals surface area (Å²) in [5, 5.41) is 8.02. The molecule has 2 N–H and O–H groups in total. The zero-order valence-corrected chi connectivity index (χ0v) is 13.2. The molecule has 0 atom stereocenters. The first-order valence-corrected chi connectivity index (χ1v) is 7.48. The Morgan fingerprint density at radius 2 is 2.09 bits per heavy atom. The van der Waals surface area contributed by atoms with Crippen LogP contribution in [0.3, 0.4) is 0 Å². The number of hydrogen-bond donors (Lipinski definition) is 2. The molecule has 22 heavy (non-hydrogen) atoms. The van der Waals surface area contributed by atoms with Crippen LogP contribution in [0.15, 0.2) is 29.1 Å². The molecule has 0 aliphatic carbocycles. The zero-order valence-electron chi connectivity index (χ0n) is 13.2. The van der Waals surface area contributed by atoms with E-state index in [0.717, 1.165) is 17.5 Å². The van der Waals surface area contributed by atoms with Crippen molar-refractivity contribution in [2.24, 2.45) is 0 Å². The molecule has 1 aromatic heterocycles. The van der Waals surface area contributed by atoms with Gasteiger partial charge < -0.3 is 15.1 Å². The van der Waals surface area contributed by atoms with E-state index in [1.807, 2.05) is 39.0 Å². The summed E-state index contributed by atoms with van der Waals surface area (Å²) in [5.74, 6) is 1.12. The first kappa shape index (κ1) is 15.9. The molecule has 2 rings (SSSR count). The van der Waals surface area contributed by atoms with Gasteiger partial charge in [-0.3, -0.25) is 4.79 Å². The van der Waals surface area contributed by atoms with E-state index in [1.165, 1.54) is 6.07 Å². The number of nitrogens with one attached hydrogen (secondary N) is 2. The van der Waals surface area contributed by atoms with E-state index in [4.69, 9.17) is 10.1 Å². The molecule has 116 valence electrons. The lowest BCUT2D eigenvalue weighted by atomic mass is 10.1. The van der Waals surface area contributed by atoms with Crippen molar-refractivity contribution in [3.05, 3.63) is 45.9 Å². The fraction of sp³-hybridized carbons (Fsp3) is 0.353. The van der Waals surface area contributed by atoms with Crippen LogP contribution < -0.4 is 10.3 Å². The van der Waals surface area contributed by atoms with Crippen molar-refractivity contribution >= 4 is 5.71 Å². The molecule has 0 fully saturated rings. The van der Waals surface area contributed by atoms with E-state index in [1.54, 1.807) is 0 Å². The Morgan fingerprint density at radius 1 is 1.32 bits per heavy atom. The Bertz CT molecular complexity index is 735. The van der Waals surface area contributed by atoms with Gasteiger partial charge in [-0.1, -0.05) is 25.0 Å². The largest absolute Gasteiger partial charge is 0.493 e. The molecule has 1 heterocycles. The summed E-state index contributed by atoms with van der Waals surface area (Å²) in [6.07, 6.45) is 1.44. The monoisotopic (exact) mass is 299 g/mol. The van der Waals surface area contributed by atoms with Crippen LogP contribution in [0.1, 0.15) is 37.9 Å². The molecule has 0 aliphatic rings. The lowest BCUT2D eigenvalue weighted by molar-refractivity contribution is 0.341. The minimum atomic E-state index is -0.259. The van der Waals surface area contributed by atoms with Gasteiger partial charge in [0.05, 0.1) is 23.6 Å². The number of ether oxygens (including phenoxy) is 1. The number of hydrogen-bond acceptors (Lipinski definition) is 4. The maximum absolute atomic E-state index is 11.9. The second kappa shape index (κ2) is 7.02. The summed E-state index contributed by atoms with van der Waals surface area (Å²) in [7, 11) is 0. The van der Waals surface area contributed by atoms with Crippen molar-refractivity contribution in [1.82, 2.24) is 9.97 Å². The Labute approximate surface area is 129 Å². The molecule has 5 heteroatoms. The summed E-state index contributed by atoms with van der Waals surface area (Å²) in [6, 6.07) is 7.13. The number of H-pyrrole nitrogens is 1. The Balaban J connectivity index is 2.55. The minimum Gasteiger partial charge on any atom is -0.493 e. The van der Waals surface area contributed by atoms with Gasteiger partial charge in [0.25, 0.3) is 5.56 Å². The van der Waals surface area contributed by atoms with Crippen molar-refractivity contribution in [3.8, 4) is 17.1 Å². The molecule has 2 aromatic rings. The van der Waals surface area contributed by atoms with Crippen molar-refractivity contribution in [1.29, 1.82) is 5.41 Å². The van der Waals surface area contributed by atoms with Crippen LogP contribution >= 0.6 is 0 Å². The van der Waals surface area contributed by atoms with Crippen LogP contribution in [0.2, 0.25) is 0 Å². The smallest absolute Gasteiger partial charge is 0.251 e. The maximum Gasteiger partial charge on any atom is 0.251 e. The third-order valence-electron chi connectivity index (χ3n) is 3.24. The number of aromatic amines is 1. The average molecular weight is 299 g/mol. The van der Waals surface area contributed by atoms with E-state index in [-0.39, 0.29) is 5.56 Å². The maximum atomic E-state index is 11.9. The second-order valence-corrected chi connectivity index (χ2v) is 5.14. The molecule has 0 unspecified atom stereocenters. The Morgan fingerprint density at radius 3 is 2.77 bits per heavy atom. The first-order chi connectivity index (χ1) is 10.5. The number of rotatable bonds is 6. The topological polar surface area (TPSA) is 78.8 Å². The predicted octanol–water partition coefficient (Wildman–Crippen LogP) is 3.31. The Hall–Kier alpha value is -2.43. The van der Waals surface area contributed by atoms with Gasteiger partial charge in [-0.15, -0.1) is 0 Å². The van der Waals surface area contributed by atoms with Gasteiger partial charge in [-0.2, -0.15) is 0 Å². The van der Waals surface area contributed by atoms with Crippen molar-refractivity contribution < 1.29 is 4.74 Å². The van der Waals surface area contributed by atoms with Crippen molar-refractivity contribution in [2.45, 2.75) is 33.6 Å². The molecule has 1 aromatic carbocycles. The number of nitrogens with zero attached hydrogens (tertiary/aromatic N) is 1. The molecule has 0 spiro atoms. The lowest BCUT2D eigenvalue weighted by Crippen LogP contribution is -2.14. The summed E-state index contributed by atoms with van der Waals surface area (Å²) in [5.41, 5.74) is 2.33. The van der Waals surface area contributed by atoms with Gasteiger partial charge in [-0.05, 0) is 32.4 Å². The average Bonchev–Trinajstić information content (AvgIpc) is 2.49. The van der Waals surface area contributed by atoms with Crippen LogP contribution in [0.4, 0.5) is 0 Å². The van der Waals surface area contributed by atoms with Crippen LogP contribution in [-0.4, -0.2) is 22.3 Å². The first-order valence-electron chi connectivity index (χ1n) is 7.48. The molecular formula is C17H21N3O2. The van der Waals surface area contributed by atoms with Crippen molar-refractivity contribution in [3.63, 3.8) is 0 Å². The van der Waals surface area contributed by atoms with Crippen LogP contribution in [0, 0.1) is 12.3 Å². The molecule has 0 aliphatic heterocycles. The second-order valence-electron chi connectivity index (χ2n) is 5.14. The van der Waals surface area contributed by atoms with Gasteiger partial charge in [0.15, 0.2) is 0 Å².